The first-order valence-corrected chi connectivity index (χ1v) is 9.60. The van der Waals surface area contributed by atoms with Crippen LogP contribution >= 0.6 is 0 Å². The van der Waals surface area contributed by atoms with Crippen molar-refractivity contribution in [2.75, 3.05) is 26.2 Å². The predicted molar refractivity (Wildman–Crippen MR) is 106 cm³/mol. The van der Waals surface area contributed by atoms with E-state index in [1.807, 2.05) is 0 Å². The molecule has 0 N–H and O–H groups in total. The monoisotopic (exact) mass is 355 g/mol. The minimum absolute atomic E-state index is 0.529. The number of likely N-dealkylation sites (tertiary alicyclic amines) is 1. The summed E-state index contributed by atoms with van der Waals surface area (Å²) in [6.07, 6.45) is 2.16. The quantitative estimate of drug-likeness (QED) is 0.678. The summed E-state index contributed by atoms with van der Waals surface area (Å²) in [6.45, 7) is 8.62. The highest BCUT2D eigenvalue weighted by atomic mass is 19.1. The zero-order chi connectivity index (χ0) is 18.6. The number of benzene rings is 2. The molecule has 3 rings (SSSR count). The molecule has 1 aliphatic rings. The van der Waals surface area contributed by atoms with Gasteiger partial charge in [0.1, 0.15) is 11.4 Å². The first-order valence-electron chi connectivity index (χ1n) is 9.60. The fraction of sp³-hybridized carbons (Fsp3) is 0.478. The van der Waals surface area contributed by atoms with E-state index in [1.54, 1.807) is 13.8 Å². The van der Waals surface area contributed by atoms with Gasteiger partial charge in [-0.3, -0.25) is 0 Å². The number of ether oxygens (including phenoxy) is 1. The molecule has 1 saturated heterocycles. The summed E-state index contributed by atoms with van der Waals surface area (Å²) in [5.41, 5.74) is 2.60. The summed E-state index contributed by atoms with van der Waals surface area (Å²) in [5.74, 6) is 1.49. The molecular weight excluding hydrogens is 325 g/mol. The van der Waals surface area contributed by atoms with Crippen molar-refractivity contribution in [2.24, 2.45) is 5.92 Å². The summed E-state index contributed by atoms with van der Waals surface area (Å²) in [6, 6.07) is 16.9. The lowest BCUT2D eigenvalue weighted by Crippen LogP contribution is -2.41. The number of piperidine rings is 1. The predicted octanol–water partition coefficient (Wildman–Crippen LogP) is 5.50. The minimum atomic E-state index is -1.11. The Morgan fingerprint density at radius 1 is 0.962 bits per heavy atom. The summed E-state index contributed by atoms with van der Waals surface area (Å²) in [7, 11) is 0. The molecule has 0 saturated carbocycles. The Kier molecular flexibility index (Phi) is 5.98. The van der Waals surface area contributed by atoms with Crippen molar-refractivity contribution < 1.29 is 9.13 Å². The molecule has 1 aliphatic heterocycles. The first-order chi connectivity index (χ1) is 12.4. The van der Waals surface area contributed by atoms with Crippen LogP contribution in [0.4, 0.5) is 4.39 Å². The van der Waals surface area contributed by atoms with Crippen molar-refractivity contribution in [1.29, 1.82) is 0 Å². The summed E-state index contributed by atoms with van der Waals surface area (Å²) in [4.78, 5) is 2.23. The Balaban J connectivity index is 1.46. The van der Waals surface area contributed by atoms with Gasteiger partial charge >= 0.3 is 0 Å². The van der Waals surface area contributed by atoms with Crippen LogP contribution in [0.5, 0.6) is 5.75 Å². The number of hydrogen-bond acceptors (Lipinski definition) is 2. The zero-order valence-electron chi connectivity index (χ0n) is 16.2. The van der Waals surface area contributed by atoms with Gasteiger partial charge < -0.3 is 9.64 Å². The zero-order valence-corrected chi connectivity index (χ0v) is 16.2. The van der Waals surface area contributed by atoms with Gasteiger partial charge in [0.25, 0.3) is 0 Å². The van der Waals surface area contributed by atoms with Crippen LogP contribution in [0.25, 0.3) is 11.1 Å². The molecule has 0 spiro atoms. The number of rotatable bonds is 6. The van der Waals surface area contributed by atoms with Gasteiger partial charge in [0.15, 0.2) is 0 Å². The second-order valence-corrected chi connectivity index (χ2v) is 8.14. The fourth-order valence-electron chi connectivity index (χ4n) is 3.55. The molecule has 0 amide bonds. The van der Waals surface area contributed by atoms with Crippen LogP contribution in [-0.4, -0.2) is 36.8 Å². The van der Waals surface area contributed by atoms with Gasteiger partial charge in [0.2, 0.25) is 0 Å². The maximum Gasteiger partial charge on any atom is 0.119 e. The largest absolute Gasteiger partial charge is 0.493 e. The van der Waals surface area contributed by atoms with E-state index < -0.39 is 5.67 Å². The van der Waals surface area contributed by atoms with E-state index in [9.17, 15) is 4.39 Å². The van der Waals surface area contributed by atoms with Gasteiger partial charge in [-0.15, -0.1) is 0 Å². The van der Waals surface area contributed by atoms with E-state index >= 15 is 0 Å². The third kappa shape index (κ3) is 5.57. The van der Waals surface area contributed by atoms with Crippen LogP contribution in [0, 0.1) is 12.8 Å². The lowest BCUT2D eigenvalue weighted by Gasteiger charge is -2.34. The fourth-order valence-corrected chi connectivity index (χ4v) is 3.55. The van der Waals surface area contributed by atoms with Gasteiger partial charge in [-0.2, -0.15) is 0 Å². The van der Waals surface area contributed by atoms with Crippen molar-refractivity contribution >= 4 is 0 Å². The van der Waals surface area contributed by atoms with E-state index in [2.05, 4.69) is 60.4 Å². The Hall–Kier alpha value is -1.87. The molecule has 3 heteroatoms. The lowest BCUT2D eigenvalue weighted by molar-refractivity contribution is 0.0836. The summed E-state index contributed by atoms with van der Waals surface area (Å²) < 4.78 is 19.7. The first kappa shape index (κ1) is 18.9. The van der Waals surface area contributed by atoms with E-state index in [4.69, 9.17) is 4.74 Å². The van der Waals surface area contributed by atoms with Crippen LogP contribution in [-0.2, 0) is 0 Å². The Morgan fingerprint density at radius 3 is 2.04 bits per heavy atom. The number of hydrogen-bond donors (Lipinski definition) is 0. The van der Waals surface area contributed by atoms with E-state index in [0.717, 1.165) is 38.3 Å². The Labute approximate surface area is 157 Å². The molecule has 2 aromatic rings. The summed E-state index contributed by atoms with van der Waals surface area (Å²) >= 11 is 0. The topological polar surface area (TPSA) is 12.5 Å². The van der Waals surface area contributed by atoms with Crippen LogP contribution in [0.15, 0.2) is 48.5 Å². The second kappa shape index (κ2) is 8.22. The van der Waals surface area contributed by atoms with Crippen LogP contribution in [0.2, 0.25) is 0 Å². The van der Waals surface area contributed by atoms with Gasteiger partial charge in [0, 0.05) is 6.54 Å². The lowest BCUT2D eigenvalue weighted by atomic mass is 9.97. The molecule has 0 aliphatic carbocycles. The second-order valence-electron chi connectivity index (χ2n) is 8.14. The van der Waals surface area contributed by atoms with E-state index in [-0.39, 0.29) is 0 Å². The number of alkyl halides is 1. The molecule has 0 bridgehead atoms. The van der Waals surface area contributed by atoms with Crippen LogP contribution in [0.3, 0.4) is 0 Å². The molecule has 2 nitrogen and oxygen atoms in total. The Morgan fingerprint density at radius 2 is 1.50 bits per heavy atom. The van der Waals surface area contributed by atoms with Crippen LogP contribution < -0.4 is 4.74 Å². The van der Waals surface area contributed by atoms with Crippen molar-refractivity contribution in [2.45, 2.75) is 39.3 Å². The number of halogens is 1. The molecule has 1 heterocycles. The average Bonchev–Trinajstić information content (AvgIpc) is 2.61. The van der Waals surface area contributed by atoms with Crippen molar-refractivity contribution in [1.82, 2.24) is 4.90 Å². The summed E-state index contributed by atoms with van der Waals surface area (Å²) in [5, 5.41) is 0. The molecular formula is C23H30FNO. The molecule has 0 aromatic heterocycles. The average molecular weight is 355 g/mol. The number of aryl methyl sites for hydroxylation is 1. The van der Waals surface area contributed by atoms with Crippen molar-refractivity contribution in [3.8, 4) is 16.9 Å². The third-order valence-corrected chi connectivity index (χ3v) is 5.03. The van der Waals surface area contributed by atoms with Gasteiger partial charge in [-0.1, -0.05) is 42.0 Å². The van der Waals surface area contributed by atoms with Crippen molar-refractivity contribution in [3.63, 3.8) is 0 Å². The maximum atomic E-state index is 13.7. The SMILES string of the molecule is Cc1ccc(-c2ccc(OCC3CCN(CC(C)(C)F)CC3)cc2)cc1. The molecule has 26 heavy (non-hydrogen) atoms. The molecule has 0 atom stereocenters. The van der Waals surface area contributed by atoms with Crippen LogP contribution in [0.1, 0.15) is 32.3 Å². The minimum Gasteiger partial charge on any atom is -0.493 e. The van der Waals surface area contributed by atoms with E-state index in [0.29, 0.717) is 12.5 Å². The van der Waals surface area contributed by atoms with Gasteiger partial charge in [0.05, 0.1) is 6.61 Å². The highest BCUT2D eigenvalue weighted by Gasteiger charge is 2.25. The molecule has 1 fully saturated rings. The molecule has 0 radical (unpaired) electrons. The standard InChI is InChI=1S/C23H30FNO/c1-18-4-6-20(7-5-18)21-8-10-22(11-9-21)26-16-19-12-14-25(15-13-19)17-23(2,3)24/h4-11,19H,12-17H2,1-3H3. The highest BCUT2D eigenvalue weighted by molar-refractivity contribution is 5.64. The van der Waals surface area contributed by atoms with Gasteiger partial charge in [-0.25, -0.2) is 4.39 Å². The maximum absolute atomic E-state index is 13.7. The van der Waals surface area contributed by atoms with Crippen molar-refractivity contribution in [3.05, 3.63) is 54.1 Å². The van der Waals surface area contributed by atoms with E-state index in [1.165, 1.54) is 16.7 Å². The normalized spacial score (nSPS) is 16.6. The third-order valence-electron chi connectivity index (χ3n) is 5.03. The molecule has 140 valence electrons. The van der Waals surface area contributed by atoms with Gasteiger partial charge in [-0.05, 0) is 75.9 Å². The smallest absolute Gasteiger partial charge is 0.119 e. The molecule has 2 aromatic carbocycles. The Bertz CT molecular complexity index is 680. The highest BCUT2D eigenvalue weighted by Crippen LogP contribution is 2.25. The number of nitrogens with zero attached hydrogens (tertiary/aromatic N) is 1. The molecule has 0 unspecified atom stereocenters.